The third kappa shape index (κ3) is 3.36. The second-order valence-electron chi connectivity index (χ2n) is 4.27. The van der Waals surface area contributed by atoms with Gasteiger partial charge in [0.1, 0.15) is 0 Å². The summed E-state index contributed by atoms with van der Waals surface area (Å²) >= 11 is 3.09. The van der Waals surface area contributed by atoms with E-state index in [4.69, 9.17) is 0 Å². The van der Waals surface area contributed by atoms with Crippen LogP contribution in [0.1, 0.15) is 22.0 Å². The number of amides is 1. The van der Waals surface area contributed by atoms with Gasteiger partial charge in [-0.3, -0.25) is 9.89 Å². The summed E-state index contributed by atoms with van der Waals surface area (Å²) < 4.78 is 0.936. The van der Waals surface area contributed by atoms with Crippen LogP contribution >= 0.6 is 23.1 Å². The van der Waals surface area contributed by atoms with Gasteiger partial charge in [0, 0.05) is 4.88 Å². The van der Waals surface area contributed by atoms with E-state index in [1.165, 1.54) is 16.6 Å². The smallest absolute Gasteiger partial charge is 0.234 e. The lowest BCUT2D eigenvalue weighted by Crippen LogP contribution is -2.14. The number of aryl methyl sites for hydroxylation is 4. The number of thiazole rings is 1. The van der Waals surface area contributed by atoms with Crippen LogP contribution in [0.4, 0.5) is 5.69 Å². The van der Waals surface area contributed by atoms with Crippen molar-refractivity contribution < 1.29 is 4.79 Å². The van der Waals surface area contributed by atoms with Gasteiger partial charge < -0.3 is 5.32 Å². The fourth-order valence-electron chi connectivity index (χ4n) is 1.54. The second kappa shape index (κ2) is 5.75. The monoisotopic (exact) mass is 296 g/mol. The first-order valence-electron chi connectivity index (χ1n) is 5.85. The molecule has 0 aromatic carbocycles. The summed E-state index contributed by atoms with van der Waals surface area (Å²) in [5, 5.41) is 9.76. The molecule has 0 aliphatic heterocycles. The van der Waals surface area contributed by atoms with Gasteiger partial charge in [-0.2, -0.15) is 5.10 Å². The van der Waals surface area contributed by atoms with E-state index in [-0.39, 0.29) is 5.91 Å². The van der Waals surface area contributed by atoms with Crippen LogP contribution in [0.2, 0.25) is 0 Å². The van der Waals surface area contributed by atoms with Crippen molar-refractivity contribution in [3.05, 3.63) is 22.0 Å². The van der Waals surface area contributed by atoms with Crippen molar-refractivity contribution in [2.45, 2.75) is 32.0 Å². The number of H-pyrrole nitrogens is 1. The van der Waals surface area contributed by atoms with E-state index in [2.05, 4.69) is 20.5 Å². The Hall–Kier alpha value is -1.34. The van der Waals surface area contributed by atoms with Crippen molar-refractivity contribution in [3.63, 3.8) is 0 Å². The Morgan fingerprint density at radius 3 is 2.58 bits per heavy atom. The summed E-state index contributed by atoms with van der Waals surface area (Å²) in [6.07, 6.45) is 0. The van der Waals surface area contributed by atoms with Crippen molar-refractivity contribution >= 4 is 34.7 Å². The molecule has 0 saturated carbocycles. The van der Waals surface area contributed by atoms with E-state index in [0.717, 1.165) is 27.1 Å². The van der Waals surface area contributed by atoms with Gasteiger partial charge in [0.2, 0.25) is 5.91 Å². The number of rotatable bonds is 4. The predicted octanol–water partition coefficient (Wildman–Crippen LogP) is 2.83. The molecule has 0 fully saturated rings. The van der Waals surface area contributed by atoms with Gasteiger partial charge in [0.05, 0.1) is 28.5 Å². The van der Waals surface area contributed by atoms with Crippen molar-refractivity contribution in [1.29, 1.82) is 0 Å². The van der Waals surface area contributed by atoms with Gasteiger partial charge in [-0.1, -0.05) is 11.8 Å². The molecule has 0 spiro atoms. The lowest BCUT2D eigenvalue weighted by Gasteiger charge is -2.03. The van der Waals surface area contributed by atoms with E-state index in [9.17, 15) is 4.79 Å². The highest BCUT2D eigenvalue weighted by Gasteiger charge is 2.12. The molecule has 1 amide bonds. The molecule has 2 N–H and O–H groups in total. The Bertz CT molecular complexity index is 564. The Kier molecular flexibility index (Phi) is 4.26. The number of thioether (sulfide) groups is 1. The Morgan fingerprint density at radius 2 is 2.05 bits per heavy atom. The van der Waals surface area contributed by atoms with Gasteiger partial charge in [0.15, 0.2) is 4.34 Å². The molecule has 7 heteroatoms. The van der Waals surface area contributed by atoms with E-state index in [0.29, 0.717) is 5.75 Å². The van der Waals surface area contributed by atoms with Gasteiger partial charge in [-0.15, -0.1) is 11.3 Å². The van der Waals surface area contributed by atoms with Gasteiger partial charge >= 0.3 is 0 Å². The molecule has 19 heavy (non-hydrogen) atoms. The van der Waals surface area contributed by atoms with Crippen LogP contribution in [0.25, 0.3) is 0 Å². The highest BCUT2D eigenvalue weighted by Crippen LogP contribution is 2.26. The Balaban J connectivity index is 1.92. The van der Waals surface area contributed by atoms with Gasteiger partial charge in [-0.05, 0) is 27.7 Å². The fourth-order valence-corrected chi connectivity index (χ4v) is 3.50. The molecule has 102 valence electrons. The molecule has 5 nitrogen and oxygen atoms in total. The minimum atomic E-state index is -0.0388. The summed E-state index contributed by atoms with van der Waals surface area (Å²) in [5.74, 6) is 0.319. The normalized spacial score (nSPS) is 10.7. The van der Waals surface area contributed by atoms with Crippen LogP contribution in [0.5, 0.6) is 0 Å². The maximum absolute atomic E-state index is 11.9. The number of hydrogen-bond acceptors (Lipinski definition) is 5. The summed E-state index contributed by atoms with van der Waals surface area (Å²) in [6, 6.07) is 0. The first-order chi connectivity index (χ1) is 8.97. The van der Waals surface area contributed by atoms with E-state index in [1.54, 1.807) is 11.3 Å². The standard InChI is InChI=1S/C12H16N4OS2/c1-6-9(4)19-12(13-6)18-5-10(17)14-11-7(2)15-16-8(11)3/h5H2,1-4H3,(H,14,17)(H,15,16). The van der Waals surface area contributed by atoms with Crippen LogP contribution in [-0.2, 0) is 4.79 Å². The molecule has 0 aliphatic carbocycles. The maximum Gasteiger partial charge on any atom is 0.234 e. The third-order valence-electron chi connectivity index (χ3n) is 2.73. The summed E-state index contributed by atoms with van der Waals surface area (Å²) in [5.41, 5.74) is 3.49. The van der Waals surface area contributed by atoms with E-state index in [1.807, 2.05) is 27.7 Å². The minimum absolute atomic E-state index is 0.0388. The quantitative estimate of drug-likeness (QED) is 0.851. The lowest BCUT2D eigenvalue weighted by molar-refractivity contribution is -0.113. The Labute approximate surface area is 120 Å². The molecule has 2 aromatic heterocycles. The molecule has 2 rings (SSSR count). The topological polar surface area (TPSA) is 70.7 Å². The SMILES string of the molecule is Cc1nc(SCC(=O)Nc2c(C)n[nH]c2C)sc1C. The second-order valence-corrected chi connectivity index (χ2v) is 6.69. The summed E-state index contributed by atoms with van der Waals surface area (Å²) in [6.45, 7) is 7.76. The van der Waals surface area contributed by atoms with Crippen LogP contribution < -0.4 is 5.32 Å². The van der Waals surface area contributed by atoms with Gasteiger partial charge in [-0.25, -0.2) is 4.98 Å². The largest absolute Gasteiger partial charge is 0.322 e. The molecule has 0 unspecified atom stereocenters. The fraction of sp³-hybridized carbons (Fsp3) is 0.417. The Morgan fingerprint density at radius 1 is 1.32 bits per heavy atom. The van der Waals surface area contributed by atoms with E-state index >= 15 is 0 Å². The number of nitrogens with one attached hydrogen (secondary N) is 2. The van der Waals surface area contributed by atoms with Crippen molar-refractivity contribution in [3.8, 4) is 0 Å². The highest BCUT2D eigenvalue weighted by molar-refractivity contribution is 8.01. The summed E-state index contributed by atoms with van der Waals surface area (Å²) in [7, 11) is 0. The molecule has 0 radical (unpaired) electrons. The maximum atomic E-state index is 11.9. The van der Waals surface area contributed by atoms with Crippen LogP contribution in [0.3, 0.4) is 0 Å². The highest BCUT2D eigenvalue weighted by atomic mass is 32.2. The number of hydrogen-bond donors (Lipinski definition) is 2. The van der Waals surface area contributed by atoms with Crippen molar-refractivity contribution in [2.24, 2.45) is 0 Å². The van der Waals surface area contributed by atoms with Crippen molar-refractivity contribution in [2.75, 3.05) is 11.1 Å². The molecular formula is C12H16N4OS2. The molecular weight excluding hydrogens is 280 g/mol. The van der Waals surface area contributed by atoms with Gasteiger partial charge in [0.25, 0.3) is 0 Å². The zero-order chi connectivity index (χ0) is 14.0. The number of aromatic amines is 1. The molecule has 2 heterocycles. The predicted molar refractivity (Wildman–Crippen MR) is 79.0 cm³/mol. The first kappa shape index (κ1) is 14.1. The van der Waals surface area contributed by atoms with Crippen molar-refractivity contribution in [1.82, 2.24) is 15.2 Å². The number of aromatic nitrogens is 3. The first-order valence-corrected chi connectivity index (χ1v) is 7.66. The number of carbonyl (C=O) groups is 1. The lowest BCUT2D eigenvalue weighted by atomic mass is 10.3. The molecule has 0 atom stereocenters. The number of carbonyl (C=O) groups excluding carboxylic acids is 1. The zero-order valence-corrected chi connectivity index (χ0v) is 13.0. The van der Waals surface area contributed by atoms with Crippen LogP contribution in [-0.4, -0.2) is 26.8 Å². The van der Waals surface area contributed by atoms with Crippen LogP contribution in [0.15, 0.2) is 4.34 Å². The average Bonchev–Trinajstić information content (AvgIpc) is 2.84. The van der Waals surface area contributed by atoms with E-state index < -0.39 is 0 Å². The van der Waals surface area contributed by atoms with Crippen LogP contribution in [0, 0.1) is 27.7 Å². The molecule has 0 saturated heterocycles. The molecule has 0 aliphatic rings. The molecule has 2 aromatic rings. The average molecular weight is 296 g/mol. The molecule has 0 bridgehead atoms. The number of anilines is 1. The zero-order valence-electron chi connectivity index (χ0n) is 11.3. The number of nitrogens with zero attached hydrogens (tertiary/aromatic N) is 2. The third-order valence-corrected chi connectivity index (χ3v) is 4.94. The summed E-state index contributed by atoms with van der Waals surface area (Å²) in [4.78, 5) is 17.5. The minimum Gasteiger partial charge on any atom is -0.322 e.